The minimum atomic E-state index is -0.164. The van der Waals surface area contributed by atoms with Crippen LogP contribution in [0.15, 0.2) is 0 Å². The minimum absolute atomic E-state index is 0.164. The Labute approximate surface area is 122 Å². The Morgan fingerprint density at radius 2 is 1.85 bits per heavy atom. The first kappa shape index (κ1) is 15.6. The summed E-state index contributed by atoms with van der Waals surface area (Å²) in [6, 6.07) is 0.617. The lowest BCUT2D eigenvalue weighted by Gasteiger charge is -2.41. The summed E-state index contributed by atoms with van der Waals surface area (Å²) >= 11 is 0. The summed E-state index contributed by atoms with van der Waals surface area (Å²) in [4.78, 5) is 16.1. The molecule has 2 rings (SSSR count). The molecule has 116 valence electrons. The molecular weight excluding hydrogens is 254 g/mol. The van der Waals surface area contributed by atoms with E-state index in [-0.39, 0.29) is 6.09 Å². The zero-order chi connectivity index (χ0) is 14.4. The van der Waals surface area contributed by atoms with Crippen molar-refractivity contribution in [1.82, 2.24) is 9.80 Å². The SMILES string of the molecule is CCOC(=O)N1CCN(C2CCCCCC2CN)CC1. The Morgan fingerprint density at radius 3 is 2.50 bits per heavy atom. The molecule has 0 spiro atoms. The second kappa shape index (κ2) is 7.84. The van der Waals surface area contributed by atoms with Crippen LogP contribution in [0.1, 0.15) is 39.0 Å². The fraction of sp³-hybridized carbons (Fsp3) is 0.933. The third-order valence-electron chi connectivity index (χ3n) is 4.73. The summed E-state index contributed by atoms with van der Waals surface area (Å²) in [7, 11) is 0. The highest BCUT2D eigenvalue weighted by Gasteiger charge is 2.31. The molecule has 1 saturated heterocycles. The van der Waals surface area contributed by atoms with Crippen LogP contribution >= 0.6 is 0 Å². The van der Waals surface area contributed by atoms with Crippen LogP contribution in [0.3, 0.4) is 0 Å². The Kier molecular flexibility index (Phi) is 6.10. The van der Waals surface area contributed by atoms with Gasteiger partial charge in [0.2, 0.25) is 0 Å². The van der Waals surface area contributed by atoms with Crippen LogP contribution in [-0.2, 0) is 4.74 Å². The molecule has 1 aliphatic carbocycles. The lowest BCUT2D eigenvalue weighted by atomic mass is 9.93. The first-order valence-electron chi connectivity index (χ1n) is 8.12. The van der Waals surface area contributed by atoms with Gasteiger partial charge in [0.1, 0.15) is 0 Å². The summed E-state index contributed by atoms with van der Waals surface area (Å²) in [5, 5.41) is 0. The largest absolute Gasteiger partial charge is 0.450 e. The van der Waals surface area contributed by atoms with E-state index in [1.807, 2.05) is 11.8 Å². The van der Waals surface area contributed by atoms with Crippen LogP contribution in [0, 0.1) is 5.92 Å². The molecule has 0 aromatic heterocycles. The van der Waals surface area contributed by atoms with Gasteiger partial charge in [-0.15, -0.1) is 0 Å². The number of rotatable bonds is 3. The smallest absolute Gasteiger partial charge is 0.409 e. The van der Waals surface area contributed by atoms with Gasteiger partial charge in [0.15, 0.2) is 0 Å². The van der Waals surface area contributed by atoms with Gasteiger partial charge >= 0.3 is 6.09 Å². The van der Waals surface area contributed by atoms with Gasteiger partial charge in [-0.25, -0.2) is 4.79 Å². The highest BCUT2D eigenvalue weighted by atomic mass is 16.6. The van der Waals surface area contributed by atoms with Crippen LogP contribution in [0.5, 0.6) is 0 Å². The number of amides is 1. The van der Waals surface area contributed by atoms with Crippen molar-refractivity contribution < 1.29 is 9.53 Å². The molecule has 2 unspecified atom stereocenters. The number of hydrogen-bond donors (Lipinski definition) is 1. The first-order valence-corrected chi connectivity index (χ1v) is 8.12. The van der Waals surface area contributed by atoms with Crippen molar-refractivity contribution in [3.8, 4) is 0 Å². The number of nitrogens with zero attached hydrogens (tertiary/aromatic N) is 2. The lowest BCUT2D eigenvalue weighted by molar-refractivity contribution is 0.0513. The predicted molar refractivity (Wildman–Crippen MR) is 79.6 cm³/mol. The second-order valence-corrected chi connectivity index (χ2v) is 5.92. The van der Waals surface area contributed by atoms with Crippen LogP contribution in [0.4, 0.5) is 4.79 Å². The number of hydrogen-bond acceptors (Lipinski definition) is 4. The predicted octanol–water partition coefficient (Wildman–Crippen LogP) is 1.67. The molecule has 0 radical (unpaired) electrons. The van der Waals surface area contributed by atoms with Crippen LogP contribution < -0.4 is 5.73 Å². The maximum Gasteiger partial charge on any atom is 0.409 e. The summed E-state index contributed by atoms with van der Waals surface area (Å²) in [6.45, 7) is 6.59. The molecule has 1 saturated carbocycles. The second-order valence-electron chi connectivity index (χ2n) is 5.92. The third kappa shape index (κ3) is 3.85. The number of carbonyl (C=O) groups is 1. The molecule has 2 atom stereocenters. The zero-order valence-corrected chi connectivity index (χ0v) is 12.7. The van der Waals surface area contributed by atoms with E-state index >= 15 is 0 Å². The Morgan fingerprint density at radius 1 is 1.15 bits per heavy atom. The summed E-state index contributed by atoms with van der Waals surface area (Å²) in [6.07, 6.45) is 6.35. The topological polar surface area (TPSA) is 58.8 Å². The molecule has 1 heterocycles. The fourth-order valence-corrected chi connectivity index (χ4v) is 3.57. The van der Waals surface area contributed by atoms with Crippen molar-refractivity contribution in [3.63, 3.8) is 0 Å². The van der Waals surface area contributed by atoms with Crippen molar-refractivity contribution in [2.75, 3.05) is 39.3 Å². The monoisotopic (exact) mass is 283 g/mol. The molecule has 5 heteroatoms. The molecule has 20 heavy (non-hydrogen) atoms. The molecule has 2 aliphatic rings. The molecule has 2 fully saturated rings. The van der Waals surface area contributed by atoms with Crippen LogP contribution in [0.2, 0.25) is 0 Å². The van der Waals surface area contributed by atoms with E-state index < -0.39 is 0 Å². The van der Waals surface area contributed by atoms with Crippen molar-refractivity contribution in [1.29, 1.82) is 0 Å². The minimum Gasteiger partial charge on any atom is -0.450 e. The first-order chi connectivity index (χ1) is 9.76. The molecular formula is C15H29N3O2. The number of piperazine rings is 1. The van der Waals surface area contributed by atoms with E-state index in [9.17, 15) is 4.79 Å². The average Bonchev–Trinajstić information content (AvgIpc) is 2.72. The Balaban J connectivity index is 1.86. The van der Waals surface area contributed by atoms with E-state index in [4.69, 9.17) is 10.5 Å². The molecule has 0 aromatic rings. The van der Waals surface area contributed by atoms with E-state index in [2.05, 4.69) is 4.90 Å². The van der Waals surface area contributed by atoms with Gasteiger partial charge in [-0.3, -0.25) is 4.90 Å². The molecule has 2 N–H and O–H groups in total. The van der Waals surface area contributed by atoms with Gasteiger partial charge in [-0.05, 0) is 32.2 Å². The third-order valence-corrected chi connectivity index (χ3v) is 4.73. The highest BCUT2D eigenvalue weighted by molar-refractivity contribution is 5.67. The van der Waals surface area contributed by atoms with Crippen molar-refractivity contribution in [3.05, 3.63) is 0 Å². The van der Waals surface area contributed by atoms with E-state index in [0.717, 1.165) is 32.7 Å². The Bertz CT molecular complexity index is 303. The van der Waals surface area contributed by atoms with Gasteiger partial charge in [-0.2, -0.15) is 0 Å². The maximum absolute atomic E-state index is 11.7. The van der Waals surface area contributed by atoms with Crippen LogP contribution in [0.25, 0.3) is 0 Å². The highest BCUT2D eigenvalue weighted by Crippen LogP contribution is 2.27. The summed E-state index contributed by atoms with van der Waals surface area (Å²) in [5.74, 6) is 0.631. The molecule has 1 amide bonds. The van der Waals surface area contributed by atoms with Crippen LogP contribution in [-0.4, -0.2) is 61.3 Å². The Hall–Kier alpha value is -0.810. The summed E-state index contributed by atoms with van der Waals surface area (Å²) in [5.41, 5.74) is 5.97. The van der Waals surface area contributed by atoms with E-state index in [1.54, 1.807) is 0 Å². The average molecular weight is 283 g/mol. The maximum atomic E-state index is 11.7. The van der Waals surface area contributed by atoms with E-state index in [1.165, 1.54) is 32.1 Å². The van der Waals surface area contributed by atoms with Gasteiger partial charge in [-0.1, -0.05) is 19.3 Å². The lowest BCUT2D eigenvalue weighted by Crippen LogP contribution is -2.54. The van der Waals surface area contributed by atoms with Crippen molar-refractivity contribution in [2.24, 2.45) is 11.7 Å². The number of carbonyl (C=O) groups excluding carboxylic acids is 1. The van der Waals surface area contributed by atoms with Gasteiger partial charge < -0.3 is 15.4 Å². The summed E-state index contributed by atoms with van der Waals surface area (Å²) < 4.78 is 5.07. The standard InChI is InChI=1S/C15H29N3O2/c1-2-20-15(19)18-10-8-17(9-11-18)14-7-5-3-4-6-13(14)12-16/h13-14H,2-12,16H2,1H3. The fourth-order valence-electron chi connectivity index (χ4n) is 3.57. The molecule has 1 aliphatic heterocycles. The zero-order valence-electron chi connectivity index (χ0n) is 12.7. The molecule has 0 bridgehead atoms. The number of ether oxygens (including phenoxy) is 1. The van der Waals surface area contributed by atoms with Crippen molar-refractivity contribution >= 4 is 6.09 Å². The van der Waals surface area contributed by atoms with Gasteiger partial charge in [0.05, 0.1) is 6.61 Å². The molecule has 5 nitrogen and oxygen atoms in total. The van der Waals surface area contributed by atoms with Crippen molar-refractivity contribution in [2.45, 2.75) is 45.1 Å². The quantitative estimate of drug-likeness (QED) is 0.800. The van der Waals surface area contributed by atoms with Gasteiger partial charge in [0.25, 0.3) is 0 Å². The van der Waals surface area contributed by atoms with Gasteiger partial charge in [0, 0.05) is 32.2 Å². The number of nitrogens with two attached hydrogens (primary N) is 1. The normalized spacial score (nSPS) is 29.0. The van der Waals surface area contributed by atoms with E-state index in [0.29, 0.717) is 18.6 Å². The molecule has 0 aromatic carbocycles.